The van der Waals surface area contributed by atoms with E-state index >= 15 is 0 Å². The fourth-order valence-corrected chi connectivity index (χ4v) is 2.16. The summed E-state index contributed by atoms with van der Waals surface area (Å²) in [5.74, 6) is -1.98. The molecule has 0 aromatic heterocycles. The van der Waals surface area contributed by atoms with Crippen molar-refractivity contribution in [2.75, 3.05) is 0 Å². The molecule has 4 nitrogen and oxygen atoms in total. The maximum absolute atomic E-state index is 13.8. The van der Waals surface area contributed by atoms with Crippen LogP contribution in [0.5, 0.6) is 5.75 Å². The molecule has 0 saturated carbocycles. The molecule has 0 radical (unpaired) electrons. The standard InChI is InChI=1S/C16H11ClF4N2O2/c17-13-5-4-12(16(19,20)21)11(15(13)18)8-22-23-14(25)7-9-2-1-3-10(24)6-9/h1-6,8,24H,7H2,(H,23,25)/b22-8+. The number of benzene rings is 2. The molecule has 0 unspecified atom stereocenters. The van der Waals surface area contributed by atoms with E-state index < -0.39 is 34.1 Å². The lowest BCUT2D eigenvalue weighted by Gasteiger charge is -2.11. The van der Waals surface area contributed by atoms with Crippen LogP contribution in [0.25, 0.3) is 0 Å². The summed E-state index contributed by atoms with van der Waals surface area (Å²) in [7, 11) is 0. The molecule has 132 valence electrons. The van der Waals surface area contributed by atoms with Gasteiger partial charge in [0.25, 0.3) is 0 Å². The van der Waals surface area contributed by atoms with Gasteiger partial charge in [0, 0.05) is 5.56 Å². The zero-order valence-electron chi connectivity index (χ0n) is 12.4. The molecule has 2 aromatic rings. The van der Waals surface area contributed by atoms with Crippen molar-refractivity contribution in [1.29, 1.82) is 0 Å². The summed E-state index contributed by atoms with van der Waals surface area (Å²) >= 11 is 5.48. The monoisotopic (exact) mass is 374 g/mol. The highest BCUT2D eigenvalue weighted by Gasteiger charge is 2.34. The predicted octanol–water partition coefficient (Wildman–Crippen LogP) is 3.90. The van der Waals surface area contributed by atoms with Gasteiger partial charge < -0.3 is 5.11 Å². The molecule has 25 heavy (non-hydrogen) atoms. The van der Waals surface area contributed by atoms with Gasteiger partial charge in [0.05, 0.1) is 23.2 Å². The van der Waals surface area contributed by atoms with Crippen LogP contribution in [0.1, 0.15) is 16.7 Å². The van der Waals surface area contributed by atoms with E-state index in [2.05, 4.69) is 5.10 Å². The van der Waals surface area contributed by atoms with E-state index in [0.717, 1.165) is 6.07 Å². The van der Waals surface area contributed by atoms with Crippen molar-refractivity contribution < 1.29 is 27.5 Å². The van der Waals surface area contributed by atoms with E-state index in [1.165, 1.54) is 18.2 Å². The third-order valence-corrected chi connectivity index (χ3v) is 3.39. The first-order chi connectivity index (χ1) is 11.7. The Morgan fingerprint density at radius 3 is 2.64 bits per heavy atom. The fourth-order valence-electron chi connectivity index (χ4n) is 2.00. The minimum atomic E-state index is -4.81. The number of phenolic OH excluding ortho intramolecular Hbond substituents is 1. The van der Waals surface area contributed by atoms with Crippen LogP contribution < -0.4 is 5.43 Å². The van der Waals surface area contributed by atoms with Crippen LogP contribution in [0.2, 0.25) is 5.02 Å². The van der Waals surface area contributed by atoms with Crippen LogP contribution >= 0.6 is 11.6 Å². The normalized spacial score (nSPS) is 11.7. The van der Waals surface area contributed by atoms with E-state index in [1.807, 2.05) is 5.43 Å². The highest BCUT2D eigenvalue weighted by Crippen LogP contribution is 2.34. The number of hydrogen-bond acceptors (Lipinski definition) is 3. The Hall–Kier alpha value is -2.61. The van der Waals surface area contributed by atoms with E-state index in [0.29, 0.717) is 17.8 Å². The Balaban J connectivity index is 2.14. The molecule has 0 aliphatic rings. The van der Waals surface area contributed by atoms with Crippen LogP contribution in [-0.2, 0) is 17.4 Å². The number of carbonyl (C=O) groups is 1. The third kappa shape index (κ3) is 4.93. The lowest BCUT2D eigenvalue weighted by molar-refractivity contribution is -0.137. The first kappa shape index (κ1) is 18.7. The molecule has 0 heterocycles. The van der Waals surface area contributed by atoms with Crippen LogP contribution in [-0.4, -0.2) is 17.2 Å². The zero-order chi connectivity index (χ0) is 18.6. The van der Waals surface area contributed by atoms with E-state index in [4.69, 9.17) is 11.6 Å². The zero-order valence-corrected chi connectivity index (χ0v) is 13.2. The Morgan fingerprint density at radius 1 is 1.28 bits per heavy atom. The highest BCUT2D eigenvalue weighted by atomic mass is 35.5. The van der Waals surface area contributed by atoms with Crippen LogP contribution in [0.3, 0.4) is 0 Å². The van der Waals surface area contributed by atoms with Gasteiger partial charge in [-0.1, -0.05) is 23.7 Å². The van der Waals surface area contributed by atoms with Crippen molar-refractivity contribution >= 4 is 23.7 Å². The molecule has 2 N–H and O–H groups in total. The summed E-state index contributed by atoms with van der Waals surface area (Å²) in [5, 5.41) is 12.1. The van der Waals surface area contributed by atoms with Gasteiger partial charge in [0.1, 0.15) is 5.75 Å². The molecule has 0 saturated heterocycles. The highest BCUT2D eigenvalue weighted by molar-refractivity contribution is 6.31. The molecule has 0 spiro atoms. The van der Waals surface area contributed by atoms with Gasteiger partial charge in [-0.2, -0.15) is 18.3 Å². The second kappa shape index (κ2) is 7.52. The summed E-state index contributed by atoms with van der Waals surface area (Å²) in [4.78, 5) is 11.7. The summed E-state index contributed by atoms with van der Waals surface area (Å²) < 4.78 is 52.5. The van der Waals surface area contributed by atoms with E-state index in [-0.39, 0.29) is 12.2 Å². The Labute approximate surface area is 144 Å². The molecular weight excluding hydrogens is 364 g/mol. The van der Waals surface area contributed by atoms with E-state index in [9.17, 15) is 27.5 Å². The number of phenols is 1. The molecule has 1 amide bonds. The molecule has 0 atom stereocenters. The number of amides is 1. The van der Waals surface area contributed by atoms with Gasteiger partial charge in [-0.15, -0.1) is 0 Å². The number of carbonyl (C=O) groups excluding carboxylic acids is 1. The molecule has 0 fully saturated rings. The minimum Gasteiger partial charge on any atom is -0.508 e. The summed E-state index contributed by atoms with van der Waals surface area (Å²) in [6.45, 7) is 0. The van der Waals surface area contributed by atoms with Gasteiger partial charge in [0.2, 0.25) is 5.91 Å². The number of nitrogens with zero attached hydrogens (tertiary/aromatic N) is 1. The van der Waals surface area contributed by atoms with Gasteiger partial charge in [-0.3, -0.25) is 4.79 Å². The van der Waals surface area contributed by atoms with Crippen molar-refractivity contribution in [3.8, 4) is 5.75 Å². The molecule has 0 aliphatic carbocycles. The molecule has 0 aliphatic heterocycles. The number of alkyl halides is 3. The number of halogens is 5. The van der Waals surface area contributed by atoms with Crippen LogP contribution in [0.4, 0.5) is 17.6 Å². The molecule has 2 aromatic carbocycles. The lowest BCUT2D eigenvalue weighted by atomic mass is 10.1. The van der Waals surface area contributed by atoms with Crippen molar-refractivity contribution in [2.45, 2.75) is 12.6 Å². The number of hydrazone groups is 1. The molecule has 2 rings (SSSR count). The third-order valence-electron chi connectivity index (χ3n) is 3.10. The van der Waals surface area contributed by atoms with Gasteiger partial charge in [-0.05, 0) is 29.8 Å². The molecule has 9 heteroatoms. The topological polar surface area (TPSA) is 61.7 Å². The Bertz CT molecular complexity index is 822. The maximum Gasteiger partial charge on any atom is 0.417 e. The first-order valence-corrected chi connectivity index (χ1v) is 7.21. The van der Waals surface area contributed by atoms with Gasteiger partial charge in [0.15, 0.2) is 5.82 Å². The number of aromatic hydroxyl groups is 1. The van der Waals surface area contributed by atoms with Crippen molar-refractivity contribution in [2.24, 2.45) is 5.10 Å². The first-order valence-electron chi connectivity index (χ1n) is 6.83. The lowest BCUT2D eigenvalue weighted by Crippen LogP contribution is -2.20. The largest absolute Gasteiger partial charge is 0.508 e. The van der Waals surface area contributed by atoms with Gasteiger partial charge >= 0.3 is 6.18 Å². The smallest absolute Gasteiger partial charge is 0.417 e. The van der Waals surface area contributed by atoms with E-state index in [1.54, 1.807) is 6.07 Å². The average molecular weight is 375 g/mol. The molecule has 0 bridgehead atoms. The van der Waals surface area contributed by atoms with Crippen LogP contribution in [0.15, 0.2) is 41.5 Å². The second-order valence-corrected chi connectivity index (χ2v) is 5.37. The summed E-state index contributed by atoms with van der Waals surface area (Å²) in [6, 6.07) is 7.28. The van der Waals surface area contributed by atoms with Gasteiger partial charge in [-0.25, -0.2) is 9.82 Å². The summed E-state index contributed by atoms with van der Waals surface area (Å²) in [5.41, 5.74) is 0.326. The van der Waals surface area contributed by atoms with Crippen molar-refractivity contribution in [3.05, 3.63) is 63.9 Å². The molecular formula is C16H11ClF4N2O2. The average Bonchev–Trinajstić information content (AvgIpc) is 2.50. The second-order valence-electron chi connectivity index (χ2n) is 4.96. The van der Waals surface area contributed by atoms with Crippen LogP contribution in [0, 0.1) is 5.82 Å². The quantitative estimate of drug-likeness (QED) is 0.484. The van der Waals surface area contributed by atoms with Crippen molar-refractivity contribution in [3.63, 3.8) is 0 Å². The number of nitrogens with one attached hydrogen (secondary N) is 1. The Morgan fingerprint density at radius 2 is 2.00 bits per heavy atom. The fraction of sp³-hybridized carbons (Fsp3) is 0.125. The SMILES string of the molecule is O=C(Cc1cccc(O)c1)N/N=C/c1c(C(F)(F)F)ccc(Cl)c1F. The maximum atomic E-state index is 13.8. The number of hydrogen-bond donors (Lipinski definition) is 2. The predicted molar refractivity (Wildman–Crippen MR) is 84.0 cm³/mol. The summed E-state index contributed by atoms with van der Waals surface area (Å²) in [6.07, 6.45) is -4.43. The number of rotatable bonds is 4. The minimum absolute atomic E-state index is 0.0374. The Kier molecular flexibility index (Phi) is 5.63. The van der Waals surface area contributed by atoms with Crippen molar-refractivity contribution in [1.82, 2.24) is 5.43 Å².